The average Bonchev–Trinajstić information content (AvgIpc) is 3.02. The van der Waals surface area contributed by atoms with Crippen LogP contribution in [0.3, 0.4) is 0 Å². The quantitative estimate of drug-likeness (QED) is 0.561. The van der Waals surface area contributed by atoms with E-state index in [4.69, 9.17) is 0 Å². The lowest BCUT2D eigenvalue weighted by molar-refractivity contribution is 0.102. The summed E-state index contributed by atoms with van der Waals surface area (Å²) in [6.07, 6.45) is 3.89. The Morgan fingerprint density at radius 2 is 1.61 bits per heavy atom. The number of benzene rings is 3. The zero-order valence-electron chi connectivity index (χ0n) is 17.7. The van der Waals surface area contributed by atoms with Crippen molar-refractivity contribution in [2.45, 2.75) is 32.6 Å². The fourth-order valence-electron chi connectivity index (χ4n) is 3.94. The summed E-state index contributed by atoms with van der Waals surface area (Å²) in [6.45, 7) is 2.76. The molecule has 0 saturated heterocycles. The van der Waals surface area contributed by atoms with E-state index in [0.29, 0.717) is 17.8 Å². The van der Waals surface area contributed by atoms with Crippen LogP contribution in [0.5, 0.6) is 0 Å². The standard InChI is InChI=1S/C26H27N3O2/c1-2-19-9-3-5-12-23(19)28-25(30)21-14-16-22(17-15-21)27-26(31)29-18-8-7-11-20-10-4-6-13-24(20)29/h3-6,9-10,12-17H,2,7-8,11,18H2,1H3,(H,27,31)(H,28,30). The van der Waals surface area contributed by atoms with E-state index in [-0.39, 0.29) is 11.9 Å². The van der Waals surface area contributed by atoms with Gasteiger partial charge in [0.15, 0.2) is 0 Å². The second-order valence-electron chi connectivity index (χ2n) is 7.71. The number of aryl methyl sites for hydroxylation is 2. The Hall–Kier alpha value is -3.60. The molecule has 0 saturated carbocycles. The number of carbonyl (C=O) groups excluding carboxylic acids is 2. The number of anilines is 3. The first kappa shape index (κ1) is 20.7. The first-order valence-electron chi connectivity index (χ1n) is 10.8. The molecule has 3 aromatic carbocycles. The molecule has 5 heteroatoms. The van der Waals surface area contributed by atoms with Gasteiger partial charge in [-0.05, 0) is 73.2 Å². The molecule has 31 heavy (non-hydrogen) atoms. The third-order valence-corrected chi connectivity index (χ3v) is 5.65. The maximum Gasteiger partial charge on any atom is 0.326 e. The van der Waals surface area contributed by atoms with Crippen molar-refractivity contribution in [3.05, 3.63) is 89.5 Å². The lowest BCUT2D eigenvalue weighted by Gasteiger charge is -2.23. The number of fused-ring (bicyclic) bond motifs is 1. The van der Waals surface area contributed by atoms with Crippen molar-refractivity contribution in [3.8, 4) is 0 Å². The van der Waals surface area contributed by atoms with E-state index in [0.717, 1.165) is 42.6 Å². The van der Waals surface area contributed by atoms with Crippen molar-refractivity contribution in [2.24, 2.45) is 0 Å². The predicted molar refractivity (Wildman–Crippen MR) is 126 cm³/mol. The Morgan fingerprint density at radius 1 is 0.871 bits per heavy atom. The predicted octanol–water partition coefficient (Wildman–Crippen LogP) is 5.88. The monoisotopic (exact) mass is 413 g/mol. The summed E-state index contributed by atoms with van der Waals surface area (Å²) in [7, 11) is 0. The van der Waals surface area contributed by atoms with Gasteiger partial charge in [-0.3, -0.25) is 9.69 Å². The van der Waals surface area contributed by atoms with Gasteiger partial charge in [-0.25, -0.2) is 4.79 Å². The van der Waals surface area contributed by atoms with E-state index in [1.54, 1.807) is 24.3 Å². The molecule has 5 nitrogen and oxygen atoms in total. The average molecular weight is 414 g/mol. The summed E-state index contributed by atoms with van der Waals surface area (Å²) < 4.78 is 0. The molecule has 1 aliphatic rings. The molecule has 0 fully saturated rings. The maximum atomic E-state index is 12.9. The van der Waals surface area contributed by atoms with Crippen LogP contribution >= 0.6 is 0 Å². The van der Waals surface area contributed by atoms with Crippen LogP contribution in [-0.4, -0.2) is 18.5 Å². The van der Waals surface area contributed by atoms with Gasteiger partial charge in [0, 0.05) is 29.2 Å². The summed E-state index contributed by atoms with van der Waals surface area (Å²) in [6, 6.07) is 22.7. The second kappa shape index (κ2) is 9.47. The first-order valence-corrected chi connectivity index (χ1v) is 10.8. The van der Waals surface area contributed by atoms with Crippen molar-refractivity contribution < 1.29 is 9.59 Å². The van der Waals surface area contributed by atoms with Crippen molar-refractivity contribution in [3.63, 3.8) is 0 Å². The smallest absolute Gasteiger partial charge is 0.322 e. The molecular formula is C26H27N3O2. The Kier molecular flexibility index (Phi) is 6.32. The van der Waals surface area contributed by atoms with Crippen molar-refractivity contribution >= 4 is 29.0 Å². The maximum absolute atomic E-state index is 12.9. The SMILES string of the molecule is CCc1ccccc1NC(=O)c1ccc(NC(=O)N2CCCCc3ccccc32)cc1. The van der Waals surface area contributed by atoms with Crippen molar-refractivity contribution in [1.82, 2.24) is 0 Å². The van der Waals surface area contributed by atoms with Gasteiger partial charge in [0.25, 0.3) is 5.91 Å². The highest BCUT2D eigenvalue weighted by molar-refractivity contribution is 6.06. The van der Waals surface area contributed by atoms with Crippen molar-refractivity contribution in [1.29, 1.82) is 0 Å². The van der Waals surface area contributed by atoms with E-state index in [9.17, 15) is 9.59 Å². The number of carbonyl (C=O) groups is 2. The molecular weight excluding hydrogens is 386 g/mol. The molecule has 0 bridgehead atoms. The van der Waals surface area contributed by atoms with Gasteiger partial charge >= 0.3 is 6.03 Å². The topological polar surface area (TPSA) is 61.4 Å². The third-order valence-electron chi connectivity index (χ3n) is 5.65. The van der Waals surface area contributed by atoms with Gasteiger partial charge in [-0.1, -0.05) is 43.3 Å². The summed E-state index contributed by atoms with van der Waals surface area (Å²) >= 11 is 0. The van der Waals surface area contributed by atoms with Crippen LogP contribution in [0.2, 0.25) is 0 Å². The molecule has 0 spiro atoms. The highest BCUT2D eigenvalue weighted by Crippen LogP contribution is 2.27. The molecule has 0 aromatic heterocycles. The zero-order chi connectivity index (χ0) is 21.6. The van der Waals surface area contributed by atoms with Crippen LogP contribution in [0.4, 0.5) is 21.9 Å². The molecule has 3 amide bonds. The van der Waals surface area contributed by atoms with E-state index in [1.807, 2.05) is 47.4 Å². The van der Waals surface area contributed by atoms with Crippen LogP contribution in [0.15, 0.2) is 72.8 Å². The highest BCUT2D eigenvalue weighted by atomic mass is 16.2. The van der Waals surface area contributed by atoms with Gasteiger partial charge in [-0.15, -0.1) is 0 Å². The number of hydrogen-bond donors (Lipinski definition) is 2. The van der Waals surface area contributed by atoms with Gasteiger partial charge in [0.2, 0.25) is 0 Å². The number of urea groups is 1. The van der Waals surface area contributed by atoms with Gasteiger partial charge in [0.1, 0.15) is 0 Å². The zero-order valence-corrected chi connectivity index (χ0v) is 17.7. The molecule has 0 aliphatic carbocycles. The van der Waals surface area contributed by atoms with E-state index in [1.165, 1.54) is 5.56 Å². The summed E-state index contributed by atoms with van der Waals surface area (Å²) in [5.74, 6) is -0.166. The minimum atomic E-state index is -0.166. The molecule has 158 valence electrons. The van der Waals surface area contributed by atoms with E-state index >= 15 is 0 Å². The normalized spacial score (nSPS) is 13.1. The third kappa shape index (κ3) is 4.77. The molecule has 0 unspecified atom stereocenters. The molecule has 2 N–H and O–H groups in total. The molecule has 3 aromatic rings. The van der Waals surface area contributed by atoms with Gasteiger partial charge in [0.05, 0.1) is 0 Å². The van der Waals surface area contributed by atoms with Gasteiger partial charge < -0.3 is 10.6 Å². The van der Waals surface area contributed by atoms with Crippen LogP contribution in [-0.2, 0) is 12.8 Å². The fraction of sp³-hybridized carbons (Fsp3) is 0.231. The Morgan fingerprint density at radius 3 is 2.42 bits per heavy atom. The van der Waals surface area contributed by atoms with Crippen molar-refractivity contribution in [2.75, 3.05) is 22.1 Å². The minimum absolute atomic E-state index is 0.150. The second-order valence-corrected chi connectivity index (χ2v) is 7.71. The van der Waals surface area contributed by atoms with Crippen LogP contribution in [0, 0.1) is 0 Å². The lowest BCUT2D eigenvalue weighted by Crippen LogP contribution is -2.35. The lowest BCUT2D eigenvalue weighted by atomic mass is 10.1. The summed E-state index contributed by atoms with van der Waals surface area (Å²) in [5, 5.41) is 5.94. The molecule has 0 radical (unpaired) electrons. The van der Waals surface area contributed by atoms with E-state index < -0.39 is 0 Å². The number of nitrogens with zero attached hydrogens (tertiary/aromatic N) is 1. The van der Waals surface area contributed by atoms with Crippen LogP contribution < -0.4 is 15.5 Å². The minimum Gasteiger partial charge on any atom is -0.322 e. The molecule has 0 atom stereocenters. The Bertz CT molecular complexity index is 1080. The largest absolute Gasteiger partial charge is 0.326 e. The molecule has 1 aliphatic heterocycles. The van der Waals surface area contributed by atoms with Gasteiger partial charge in [-0.2, -0.15) is 0 Å². The highest BCUT2D eigenvalue weighted by Gasteiger charge is 2.21. The Labute approximate surface area is 183 Å². The van der Waals surface area contributed by atoms with E-state index in [2.05, 4.69) is 23.6 Å². The van der Waals surface area contributed by atoms with Crippen LogP contribution in [0.25, 0.3) is 0 Å². The van der Waals surface area contributed by atoms with Crippen LogP contribution in [0.1, 0.15) is 41.3 Å². The Balaban J connectivity index is 1.44. The number of para-hydroxylation sites is 2. The fourth-order valence-corrected chi connectivity index (χ4v) is 3.94. The molecule has 4 rings (SSSR count). The number of rotatable bonds is 4. The number of hydrogen-bond acceptors (Lipinski definition) is 2. The number of amides is 3. The molecule has 1 heterocycles. The summed E-state index contributed by atoms with van der Waals surface area (Å²) in [4.78, 5) is 27.4. The number of nitrogens with one attached hydrogen (secondary N) is 2. The summed E-state index contributed by atoms with van der Waals surface area (Å²) in [5.41, 5.74) is 5.31. The first-order chi connectivity index (χ1) is 15.2.